The Morgan fingerprint density at radius 3 is 2.06 bits per heavy atom. The zero-order chi connectivity index (χ0) is 22.6. The van der Waals surface area contributed by atoms with Crippen molar-refractivity contribution in [3.63, 3.8) is 0 Å². The van der Waals surface area contributed by atoms with Crippen LogP contribution in [0.25, 0.3) is 34.0 Å². The minimum absolute atomic E-state index is 0.866. The first kappa shape index (κ1) is 21.0. The van der Waals surface area contributed by atoms with E-state index < -0.39 is 0 Å². The normalized spacial score (nSPS) is 14.1. The summed E-state index contributed by atoms with van der Waals surface area (Å²) in [6, 6.07) is 29.2. The van der Waals surface area contributed by atoms with Crippen LogP contribution in [0.15, 0.2) is 84.9 Å². The number of hydrogen-bond donors (Lipinski definition) is 0. The van der Waals surface area contributed by atoms with Crippen LogP contribution in [0, 0.1) is 0 Å². The van der Waals surface area contributed by atoms with Crippen molar-refractivity contribution in [2.24, 2.45) is 0 Å². The van der Waals surface area contributed by atoms with E-state index in [2.05, 4.69) is 60.7 Å². The average molecular weight is 434 g/mol. The summed E-state index contributed by atoms with van der Waals surface area (Å²) in [5.74, 6) is 1.73. The van der Waals surface area contributed by atoms with Gasteiger partial charge in [0.25, 0.3) is 0 Å². The minimum Gasteiger partial charge on any atom is -0.497 e. The van der Waals surface area contributed by atoms with E-state index >= 15 is 0 Å². The molecule has 3 nitrogen and oxygen atoms in total. The van der Waals surface area contributed by atoms with Gasteiger partial charge in [-0.15, -0.1) is 0 Å². The van der Waals surface area contributed by atoms with Crippen LogP contribution in [0.4, 0.5) is 0 Å². The number of allylic oxidation sites excluding steroid dienone is 1. The van der Waals surface area contributed by atoms with Gasteiger partial charge in [-0.1, -0.05) is 54.6 Å². The van der Waals surface area contributed by atoms with E-state index in [4.69, 9.17) is 14.5 Å². The molecule has 0 fully saturated rings. The van der Waals surface area contributed by atoms with Gasteiger partial charge < -0.3 is 9.47 Å². The highest BCUT2D eigenvalue weighted by Crippen LogP contribution is 2.39. The van der Waals surface area contributed by atoms with Crippen molar-refractivity contribution in [1.82, 2.24) is 4.98 Å². The van der Waals surface area contributed by atoms with E-state index in [0.717, 1.165) is 53.3 Å². The van der Waals surface area contributed by atoms with Crippen molar-refractivity contribution in [1.29, 1.82) is 0 Å². The van der Waals surface area contributed by atoms with Crippen LogP contribution in [0.1, 0.15) is 29.7 Å². The zero-order valence-electron chi connectivity index (χ0n) is 19.0. The molecule has 0 unspecified atom stereocenters. The van der Waals surface area contributed by atoms with E-state index in [0.29, 0.717) is 0 Å². The van der Waals surface area contributed by atoms with E-state index in [1.165, 1.54) is 22.3 Å². The summed E-state index contributed by atoms with van der Waals surface area (Å²) < 4.78 is 10.7. The van der Waals surface area contributed by atoms with Gasteiger partial charge in [-0.2, -0.15) is 0 Å². The van der Waals surface area contributed by atoms with Crippen LogP contribution in [-0.2, 0) is 6.42 Å². The van der Waals surface area contributed by atoms with Crippen LogP contribution in [0.3, 0.4) is 0 Å². The number of aromatic nitrogens is 1. The largest absolute Gasteiger partial charge is 0.497 e. The van der Waals surface area contributed by atoms with Gasteiger partial charge in [0.05, 0.1) is 25.6 Å². The Labute approximate surface area is 195 Å². The third kappa shape index (κ3) is 4.40. The molecule has 1 aromatic heterocycles. The molecule has 0 amide bonds. The third-order valence-corrected chi connectivity index (χ3v) is 6.23. The Morgan fingerprint density at radius 2 is 1.39 bits per heavy atom. The predicted molar refractivity (Wildman–Crippen MR) is 135 cm³/mol. The van der Waals surface area contributed by atoms with Gasteiger partial charge in [-0.25, -0.2) is 4.98 Å². The molecule has 3 heteroatoms. The summed E-state index contributed by atoms with van der Waals surface area (Å²) in [5, 5.41) is 0. The Morgan fingerprint density at radius 1 is 0.727 bits per heavy atom. The van der Waals surface area contributed by atoms with Crippen molar-refractivity contribution in [2.45, 2.75) is 19.3 Å². The highest BCUT2D eigenvalue weighted by atomic mass is 16.5. The molecule has 1 aliphatic carbocycles. The molecule has 164 valence electrons. The lowest BCUT2D eigenvalue weighted by atomic mass is 9.84. The predicted octanol–water partition coefficient (Wildman–Crippen LogP) is 7.31. The van der Waals surface area contributed by atoms with Crippen LogP contribution >= 0.6 is 0 Å². The minimum atomic E-state index is 0.866. The summed E-state index contributed by atoms with van der Waals surface area (Å²) in [6.45, 7) is 0. The Kier molecular flexibility index (Phi) is 5.95. The van der Waals surface area contributed by atoms with Crippen molar-refractivity contribution in [2.75, 3.05) is 14.2 Å². The fourth-order valence-electron chi connectivity index (χ4n) is 4.49. The number of nitrogens with zero attached hydrogens (tertiary/aromatic N) is 1. The smallest absolute Gasteiger partial charge is 0.118 e. The van der Waals surface area contributed by atoms with E-state index in [1.807, 2.05) is 30.3 Å². The molecular weight excluding hydrogens is 406 g/mol. The summed E-state index contributed by atoms with van der Waals surface area (Å²) >= 11 is 0. The molecule has 5 rings (SSSR count). The summed E-state index contributed by atoms with van der Waals surface area (Å²) in [4.78, 5) is 5.20. The summed E-state index contributed by atoms with van der Waals surface area (Å²) in [7, 11) is 3.40. The quantitative estimate of drug-likeness (QED) is 0.331. The van der Waals surface area contributed by atoms with Crippen LogP contribution < -0.4 is 9.47 Å². The molecule has 0 saturated carbocycles. The molecule has 33 heavy (non-hydrogen) atoms. The lowest BCUT2D eigenvalue weighted by molar-refractivity contribution is 0.414. The number of methoxy groups -OCH3 is 2. The fraction of sp³-hybridized carbons (Fsp3) is 0.167. The molecule has 0 N–H and O–H groups in total. The van der Waals surface area contributed by atoms with Crippen molar-refractivity contribution >= 4 is 11.6 Å². The van der Waals surface area contributed by atoms with Crippen molar-refractivity contribution < 1.29 is 9.47 Å². The van der Waals surface area contributed by atoms with Gasteiger partial charge in [-0.05, 0) is 83.5 Å². The number of rotatable bonds is 5. The van der Waals surface area contributed by atoms with Crippen molar-refractivity contribution in [3.05, 3.63) is 102 Å². The fourth-order valence-corrected chi connectivity index (χ4v) is 4.49. The first-order valence-electron chi connectivity index (χ1n) is 11.3. The SMILES string of the molecule is COc1ccc(/C=C2\CCCc3c(-c4ccc(OC)cc4)cc(-c4ccccc4)nc32)cc1. The molecular formula is C30H27NO2. The van der Waals surface area contributed by atoms with Crippen LogP contribution in [0.5, 0.6) is 11.5 Å². The summed E-state index contributed by atoms with van der Waals surface area (Å²) in [6.07, 6.45) is 5.44. The number of fused-ring (bicyclic) bond motifs is 1. The third-order valence-electron chi connectivity index (χ3n) is 6.23. The Hall–Kier alpha value is -3.85. The van der Waals surface area contributed by atoms with Crippen LogP contribution in [0.2, 0.25) is 0 Å². The molecule has 0 bridgehead atoms. The monoisotopic (exact) mass is 433 g/mol. The Balaban J connectivity index is 1.67. The van der Waals surface area contributed by atoms with Gasteiger partial charge >= 0.3 is 0 Å². The van der Waals surface area contributed by atoms with E-state index in [1.54, 1.807) is 14.2 Å². The highest BCUT2D eigenvalue weighted by Gasteiger charge is 2.21. The average Bonchev–Trinajstić information content (AvgIpc) is 2.89. The molecule has 0 aliphatic heterocycles. The maximum absolute atomic E-state index is 5.38. The maximum Gasteiger partial charge on any atom is 0.118 e. The first-order valence-corrected chi connectivity index (χ1v) is 11.3. The molecule has 0 atom stereocenters. The number of pyridine rings is 1. The lowest BCUT2D eigenvalue weighted by Gasteiger charge is -2.23. The Bertz CT molecular complexity index is 1270. The molecule has 0 saturated heterocycles. The van der Waals surface area contributed by atoms with Gasteiger partial charge in [0.15, 0.2) is 0 Å². The second kappa shape index (κ2) is 9.33. The molecule has 4 aromatic rings. The second-order valence-corrected chi connectivity index (χ2v) is 8.27. The topological polar surface area (TPSA) is 31.4 Å². The van der Waals surface area contributed by atoms with Gasteiger partial charge in [0.1, 0.15) is 11.5 Å². The van der Waals surface area contributed by atoms with E-state index in [9.17, 15) is 0 Å². The van der Waals surface area contributed by atoms with E-state index in [-0.39, 0.29) is 0 Å². The van der Waals surface area contributed by atoms with Crippen molar-refractivity contribution in [3.8, 4) is 33.9 Å². The molecule has 1 aliphatic rings. The molecule has 3 aromatic carbocycles. The maximum atomic E-state index is 5.38. The van der Waals surface area contributed by atoms with Gasteiger partial charge in [0, 0.05) is 5.56 Å². The number of benzene rings is 3. The number of ether oxygens (including phenoxy) is 2. The molecule has 0 radical (unpaired) electrons. The van der Waals surface area contributed by atoms with Gasteiger partial charge in [-0.3, -0.25) is 0 Å². The van der Waals surface area contributed by atoms with Gasteiger partial charge in [0.2, 0.25) is 0 Å². The first-order chi connectivity index (χ1) is 16.2. The second-order valence-electron chi connectivity index (χ2n) is 8.27. The summed E-state index contributed by atoms with van der Waals surface area (Å²) in [5.41, 5.74) is 9.46. The molecule has 0 spiro atoms. The zero-order valence-corrected chi connectivity index (χ0v) is 19.0. The molecule has 1 heterocycles. The van der Waals surface area contributed by atoms with Crippen LogP contribution in [-0.4, -0.2) is 19.2 Å². The number of hydrogen-bond acceptors (Lipinski definition) is 3. The highest BCUT2D eigenvalue weighted by molar-refractivity contribution is 5.87. The standard InChI is InChI=1S/C30H27NO2/c1-32-25-15-11-21(12-16-25)19-24-9-6-10-27-28(22-13-17-26(33-2)18-14-22)20-29(31-30(24)27)23-7-4-3-5-8-23/h3-5,7-8,11-20H,6,9-10H2,1-2H3/b24-19+. The lowest BCUT2D eigenvalue weighted by Crippen LogP contribution is -2.08.